The number of carbonyl (C=O) groups excluding carboxylic acids is 4. The second-order valence-electron chi connectivity index (χ2n) is 6.12. The molecule has 0 atom stereocenters. The van der Waals surface area contributed by atoms with Crippen molar-refractivity contribution in [2.75, 3.05) is 0 Å². The van der Waals surface area contributed by atoms with Crippen molar-refractivity contribution in [2.24, 2.45) is 0 Å². The first kappa shape index (κ1) is 36.2. The molecule has 14 heteroatoms. The van der Waals surface area contributed by atoms with Gasteiger partial charge in [0.2, 0.25) is 0 Å². The molecule has 0 unspecified atom stereocenters. The third-order valence-corrected chi connectivity index (χ3v) is 3.59. The van der Waals surface area contributed by atoms with Crippen LogP contribution < -0.4 is 20.4 Å². The van der Waals surface area contributed by atoms with Gasteiger partial charge in [0.25, 0.3) is 0 Å². The summed E-state index contributed by atoms with van der Waals surface area (Å²) in [5.41, 5.74) is 0.435. The van der Waals surface area contributed by atoms with E-state index in [1.165, 1.54) is 73.8 Å². The van der Waals surface area contributed by atoms with Crippen molar-refractivity contribution >= 4 is 70.0 Å². The zero-order valence-corrected chi connectivity index (χ0v) is 22.5. The quantitative estimate of drug-likeness (QED) is 0.239. The Morgan fingerprint density at radius 3 is 0.684 bits per heavy atom. The number of carboxylic acid groups (broad SMARTS) is 4. The van der Waals surface area contributed by atoms with Crippen molar-refractivity contribution in [3.8, 4) is 0 Å². The third-order valence-electron chi connectivity index (χ3n) is 3.59. The standard InChI is InChI=1S/4C6H5NO2.2Mg/c4*8-6(9)5-2-1-3-7-4-5;;/h4*1-4H,(H,8,9);;/q;;;;2*+2/p-4. The Labute approximate surface area is 248 Å². The molecule has 12 nitrogen and oxygen atoms in total. The summed E-state index contributed by atoms with van der Waals surface area (Å²) >= 11 is 0. The summed E-state index contributed by atoms with van der Waals surface area (Å²) in [6.45, 7) is 0. The van der Waals surface area contributed by atoms with Gasteiger partial charge in [0.1, 0.15) is 0 Å². The van der Waals surface area contributed by atoms with Crippen molar-refractivity contribution in [1.82, 2.24) is 19.9 Å². The Kier molecular flexibility index (Phi) is 20.1. The Morgan fingerprint density at radius 1 is 0.421 bits per heavy atom. The fourth-order valence-electron chi connectivity index (χ4n) is 1.93. The number of hydrogen-bond donors (Lipinski definition) is 0. The van der Waals surface area contributed by atoms with Crippen LogP contribution >= 0.6 is 0 Å². The Balaban J connectivity index is 0. The van der Waals surface area contributed by atoms with Crippen LogP contribution in [0.5, 0.6) is 0 Å². The molecule has 0 aliphatic rings. The minimum Gasteiger partial charge on any atom is -0.545 e. The molecule has 0 saturated heterocycles. The monoisotopic (exact) mass is 536 g/mol. The van der Waals surface area contributed by atoms with E-state index < -0.39 is 23.9 Å². The number of hydrogen-bond acceptors (Lipinski definition) is 12. The van der Waals surface area contributed by atoms with Gasteiger partial charge in [0.05, 0.1) is 23.9 Å². The van der Waals surface area contributed by atoms with Crippen LogP contribution in [0.25, 0.3) is 0 Å². The van der Waals surface area contributed by atoms with Crippen LogP contribution in [0, 0.1) is 0 Å². The van der Waals surface area contributed by atoms with Crippen LogP contribution in [0.15, 0.2) is 98.1 Å². The fourth-order valence-corrected chi connectivity index (χ4v) is 1.93. The third kappa shape index (κ3) is 15.9. The summed E-state index contributed by atoms with van der Waals surface area (Å²) in [6, 6.07) is 11.9. The first-order valence-corrected chi connectivity index (χ1v) is 9.67. The topological polar surface area (TPSA) is 212 Å². The smallest absolute Gasteiger partial charge is 0.545 e. The largest absolute Gasteiger partial charge is 2.00 e. The van der Waals surface area contributed by atoms with E-state index in [0.29, 0.717) is 0 Å². The van der Waals surface area contributed by atoms with E-state index >= 15 is 0 Å². The zero-order chi connectivity index (χ0) is 26.8. The molecule has 0 N–H and O–H groups in total. The molecule has 184 valence electrons. The van der Waals surface area contributed by atoms with Gasteiger partial charge in [-0.2, -0.15) is 0 Å². The van der Waals surface area contributed by atoms with Crippen LogP contribution in [0.1, 0.15) is 41.4 Å². The van der Waals surface area contributed by atoms with Gasteiger partial charge < -0.3 is 39.6 Å². The average molecular weight is 537 g/mol. The first-order valence-electron chi connectivity index (χ1n) is 9.67. The van der Waals surface area contributed by atoms with E-state index in [4.69, 9.17) is 0 Å². The number of aromatic nitrogens is 4. The van der Waals surface area contributed by atoms with Crippen LogP contribution in [0.4, 0.5) is 0 Å². The molecule has 0 aliphatic carbocycles. The van der Waals surface area contributed by atoms with Crippen LogP contribution in [0.3, 0.4) is 0 Å². The molecule has 0 spiro atoms. The van der Waals surface area contributed by atoms with Gasteiger partial charge in [0.15, 0.2) is 0 Å². The molecule has 0 aliphatic heterocycles. The van der Waals surface area contributed by atoms with Gasteiger partial charge >= 0.3 is 46.1 Å². The molecule has 4 aromatic heterocycles. The fraction of sp³-hybridized carbons (Fsp3) is 0. The minimum atomic E-state index is -1.19. The molecule has 0 amide bonds. The molecule has 0 fully saturated rings. The first-order chi connectivity index (χ1) is 17.2. The minimum absolute atomic E-state index is 0. The maximum absolute atomic E-state index is 10.0. The van der Waals surface area contributed by atoms with Crippen molar-refractivity contribution in [3.05, 3.63) is 120 Å². The second-order valence-corrected chi connectivity index (χ2v) is 6.12. The molecular formula is C24H16Mg2N4O8. The number of rotatable bonds is 4. The Hall–Kier alpha value is -3.99. The second kappa shape index (κ2) is 21.1. The molecule has 38 heavy (non-hydrogen) atoms. The summed E-state index contributed by atoms with van der Waals surface area (Å²) in [6.07, 6.45) is 11.0. The van der Waals surface area contributed by atoms with Gasteiger partial charge in [-0.15, -0.1) is 0 Å². The van der Waals surface area contributed by atoms with Gasteiger partial charge in [-0.05, 0) is 24.3 Å². The van der Waals surface area contributed by atoms with E-state index in [0.717, 1.165) is 0 Å². The van der Waals surface area contributed by atoms with Crippen LogP contribution in [0.2, 0.25) is 0 Å². The van der Waals surface area contributed by atoms with E-state index in [9.17, 15) is 39.6 Å². The number of carboxylic acids is 4. The molecule has 4 aromatic rings. The number of pyridine rings is 4. The summed E-state index contributed by atoms with van der Waals surface area (Å²) < 4.78 is 0. The summed E-state index contributed by atoms with van der Waals surface area (Å²) in [5, 5.41) is 40.2. The summed E-state index contributed by atoms with van der Waals surface area (Å²) in [5.74, 6) is -4.77. The van der Waals surface area contributed by atoms with Gasteiger partial charge in [-0.1, -0.05) is 24.3 Å². The van der Waals surface area contributed by atoms with Crippen LogP contribution in [-0.4, -0.2) is 89.9 Å². The molecule has 4 rings (SSSR count). The average Bonchev–Trinajstić information content (AvgIpc) is 2.92. The molecule has 0 radical (unpaired) electrons. The van der Waals surface area contributed by atoms with E-state index in [-0.39, 0.29) is 68.4 Å². The maximum atomic E-state index is 10.0. The van der Waals surface area contributed by atoms with Crippen molar-refractivity contribution in [3.63, 3.8) is 0 Å². The number of carbonyl (C=O) groups is 4. The number of nitrogens with zero attached hydrogens (tertiary/aromatic N) is 4. The summed E-state index contributed by atoms with van der Waals surface area (Å²) in [4.78, 5) is 54.5. The van der Waals surface area contributed by atoms with Crippen molar-refractivity contribution < 1.29 is 39.6 Å². The SMILES string of the molecule is O=C([O-])c1cccnc1.O=C([O-])c1cccnc1.O=C([O-])c1cccnc1.O=C([O-])c1cccnc1.[Mg+2].[Mg+2]. The van der Waals surface area contributed by atoms with Crippen molar-refractivity contribution in [1.29, 1.82) is 0 Å². The van der Waals surface area contributed by atoms with E-state index in [1.54, 1.807) is 24.3 Å². The van der Waals surface area contributed by atoms with Gasteiger partial charge in [-0.3, -0.25) is 19.9 Å². The van der Waals surface area contributed by atoms with Gasteiger partial charge in [0, 0.05) is 71.8 Å². The molecule has 4 heterocycles. The van der Waals surface area contributed by atoms with E-state index in [2.05, 4.69) is 19.9 Å². The Bertz CT molecular complexity index is 1040. The Morgan fingerprint density at radius 2 is 0.605 bits per heavy atom. The predicted octanol–water partition coefficient (Wildman–Crippen LogP) is -2.98. The van der Waals surface area contributed by atoms with Crippen molar-refractivity contribution in [2.45, 2.75) is 0 Å². The normalized spacial score (nSPS) is 8.42. The molecule has 0 bridgehead atoms. The predicted molar refractivity (Wildman–Crippen MR) is 126 cm³/mol. The maximum Gasteiger partial charge on any atom is 2.00 e. The molecule has 0 aromatic carbocycles. The number of aromatic carboxylic acids is 4. The zero-order valence-electron chi connectivity index (χ0n) is 19.7. The van der Waals surface area contributed by atoms with Gasteiger partial charge in [-0.25, -0.2) is 0 Å². The molecule has 0 saturated carbocycles. The van der Waals surface area contributed by atoms with E-state index in [1.807, 2.05) is 0 Å². The molecular weight excluding hydrogens is 521 g/mol. The van der Waals surface area contributed by atoms with Crippen LogP contribution in [-0.2, 0) is 0 Å². The summed E-state index contributed by atoms with van der Waals surface area (Å²) in [7, 11) is 0.